The molecule has 33 heteroatoms. The summed E-state index contributed by atoms with van der Waals surface area (Å²) < 4.78 is 18.5. The largest absolute Gasteiger partial charge is 0.460 e. The first-order chi connectivity index (χ1) is 65.8. The molecule has 135 heavy (non-hydrogen) atoms. The number of rotatable bonds is 10. The van der Waals surface area contributed by atoms with Gasteiger partial charge in [0.15, 0.2) is 90.4 Å². The zero-order chi connectivity index (χ0) is 92.2. The van der Waals surface area contributed by atoms with Gasteiger partial charge in [-0.15, -0.1) is 14.0 Å². The fraction of sp³-hybridized carbons (Fsp3) is 0.0490. The molecule has 0 bridgehead atoms. The number of aromatic nitrogens is 24. The average Bonchev–Trinajstić information content (AvgIpc) is 1.76. The van der Waals surface area contributed by atoms with Crippen molar-refractivity contribution >= 4 is 133 Å². The van der Waals surface area contributed by atoms with Gasteiger partial charge < -0.3 is 38.7 Å². The Balaban J connectivity index is 0.000000101. The number of aryl methyl sites for hydroxylation is 5. The van der Waals surface area contributed by atoms with E-state index in [0.29, 0.717) is 93.6 Å². The van der Waals surface area contributed by atoms with Gasteiger partial charge in [0.1, 0.15) is 84.9 Å². The van der Waals surface area contributed by atoms with E-state index in [1.54, 1.807) is 60.6 Å². The van der Waals surface area contributed by atoms with Crippen LogP contribution in [0.25, 0.3) is 217 Å². The van der Waals surface area contributed by atoms with E-state index in [4.69, 9.17) is 57.0 Å². The van der Waals surface area contributed by atoms with Crippen LogP contribution >= 0.6 is 23.2 Å². The van der Waals surface area contributed by atoms with Gasteiger partial charge in [0, 0.05) is 148 Å². The quantitative estimate of drug-likeness (QED) is 0.0574. The first kappa shape index (κ1) is 83.7. The van der Waals surface area contributed by atoms with Gasteiger partial charge in [0.2, 0.25) is 0 Å². The Morgan fingerprint density at radius 3 is 1.26 bits per heavy atom. The van der Waals surface area contributed by atoms with Crippen molar-refractivity contribution in [1.29, 1.82) is 0 Å². The lowest BCUT2D eigenvalue weighted by Gasteiger charge is -2.11. The van der Waals surface area contributed by atoms with Crippen molar-refractivity contribution in [3.63, 3.8) is 0 Å². The summed E-state index contributed by atoms with van der Waals surface area (Å²) in [6.07, 6.45) is 23.9. The molecule has 20 aromatic heterocycles. The molecule has 654 valence electrons. The third-order valence-electron chi connectivity index (χ3n) is 22.9. The minimum Gasteiger partial charge on any atom is -0.460 e. The van der Waals surface area contributed by atoms with Crippen molar-refractivity contribution in [2.75, 3.05) is 0 Å². The van der Waals surface area contributed by atoms with Gasteiger partial charge in [-0.2, -0.15) is 20.4 Å². The summed E-state index contributed by atoms with van der Waals surface area (Å²) in [6, 6.07) is 65.6. The number of nitrogens with one attached hydrogen (secondary N) is 9. The summed E-state index contributed by atoms with van der Waals surface area (Å²) >= 11 is 12.9. The van der Waals surface area contributed by atoms with Crippen molar-refractivity contribution in [2.45, 2.75) is 13.8 Å². The van der Waals surface area contributed by atoms with Gasteiger partial charge in [-0.3, -0.25) is 38.9 Å². The second-order valence-electron chi connectivity index (χ2n) is 31.9. The smallest absolute Gasteiger partial charge is 0.195 e. The number of furan rings is 1. The highest BCUT2D eigenvalue weighted by atomic mass is 35.5. The van der Waals surface area contributed by atoms with Gasteiger partial charge in [0.05, 0.1) is 71.1 Å². The highest BCUT2D eigenvalue weighted by Crippen LogP contribution is 2.41. The van der Waals surface area contributed by atoms with Gasteiger partial charge in [-0.05, 0) is 169 Å². The lowest BCUT2D eigenvalue weighted by Crippen LogP contribution is -2.28. The molecule has 0 radical (unpaired) electrons. The van der Waals surface area contributed by atoms with Gasteiger partial charge in [-0.25, -0.2) is 39.6 Å². The van der Waals surface area contributed by atoms with Crippen molar-refractivity contribution < 1.29 is 22.9 Å². The lowest BCUT2D eigenvalue weighted by molar-refractivity contribution is -0.726. The third kappa shape index (κ3) is 16.6. The van der Waals surface area contributed by atoms with E-state index < -0.39 is 0 Å². The number of hydrogen-bond donors (Lipinski definition) is 9. The predicted molar refractivity (Wildman–Crippen MR) is 519 cm³/mol. The minimum atomic E-state index is -0.0881. The van der Waals surface area contributed by atoms with Crippen LogP contribution in [0.5, 0.6) is 0 Å². The molecule has 0 aliphatic carbocycles. The van der Waals surface area contributed by atoms with Crippen LogP contribution in [0, 0.1) is 13.8 Å². The molecule has 5 aromatic carbocycles. The number of fused-ring (bicyclic) bond motifs is 10. The van der Waals surface area contributed by atoms with Crippen LogP contribution in [-0.2, 0) is 21.1 Å². The molecule has 9 N–H and O–H groups in total. The maximum atomic E-state index is 12.4. The van der Waals surface area contributed by atoms with E-state index in [0.717, 1.165) is 145 Å². The molecule has 0 amide bonds. The number of halogens is 2. The topological polar surface area (TPSA) is 412 Å². The van der Waals surface area contributed by atoms with E-state index in [1.165, 1.54) is 36.7 Å². The fourth-order valence-electron chi connectivity index (χ4n) is 16.4. The molecule has 0 atom stereocenters. The van der Waals surface area contributed by atoms with Crippen molar-refractivity contribution in [3.8, 4) is 107 Å². The summed E-state index contributed by atoms with van der Waals surface area (Å²) in [5, 5.41) is 21.0. The second-order valence-corrected chi connectivity index (χ2v) is 32.7. The molecule has 0 saturated heterocycles. The molecular formula is C102H73Cl2N24O7+3. The number of imidazole rings is 1. The van der Waals surface area contributed by atoms with E-state index >= 15 is 0 Å². The number of nitrogens with zero attached hydrogens (tertiary/aromatic N) is 15. The number of H-pyrrole nitrogens is 9. The maximum Gasteiger partial charge on any atom is 0.195 e. The Hall–Kier alpha value is -18.2. The molecule has 25 aromatic rings. The number of hydrogen-bond acceptors (Lipinski definition) is 18. The maximum absolute atomic E-state index is 12.4. The van der Waals surface area contributed by atoms with Crippen LogP contribution in [0.15, 0.2) is 332 Å². The molecular weight excluding hydrogens is 1740 g/mol. The van der Waals surface area contributed by atoms with Crippen LogP contribution in [0.3, 0.4) is 0 Å². The summed E-state index contributed by atoms with van der Waals surface area (Å²) in [5.74, 6) is 2.14. The van der Waals surface area contributed by atoms with E-state index in [9.17, 15) is 24.0 Å². The summed E-state index contributed by atoms with van der Waals surface area (Å²) in [4.78, 5) is 125. The van der Waals surface area contributed by atoms with Gasteiger partial charge >= 0.3 is 0 Å². The van der Waals surface area contributed by atoms with Crippen molar-refractivity contribution in [3.05, 3.63) is 372 Å². The molecule has 25 rings (SSSR count). The summed E-state index contributed by atoms with van der Waals surface area (Å²) in [7, 11) is 5.72. The molecule has 0 fully saturated rings. The van der Waals surface area contributed by atoms with E-state index in [-0.39, 0.29) is 27.1 Å². The molecule has 0 unspecified atom stereocenters. The van der Waals surface area contributed by atoms with Crippen LogP contribution in [0.2, 0.25) is 10.0 Å². The second kappa shape index (κ2) is 35.0. The van der Waals surface area contributed by atoms with Crippen molar-refractivity contribution in [2.24, 2.45) is 21.1 Å². The number of oxazole rings is 1. The Labute approximate surface area is 770 Å². The number of benzene rings is 5. The first-order valence-corrected chi connectivity index (χ1v) is 43.1. The number of pyridine rings is 13. The normalized spacial score (nSPS) is 11.4. The monoisotopic (exact) mass is 1820 g/mol. The SMILES string of the molecule is C[n+]1ccc(-c2nc3[nH]ccc(=O)c3cc2-c2cc(Cl)c3nc[nH]c3c2)[nH]1.C[n+]1ccc(-c2nc3[nH]ccc(=O)c3cc2-c2cc(Cl)c3ncccc3c2)[nH]1.C[n+]1ccc(-c2nc3[nH]ccc(=O)c3cc2-c2ccc3ncoc3c2)[nH]1.Cc1ccc(-c2nc3[nH]ccc(=O)c3cc2-c2ccc3ncccc3c2)o1.Cc1ccn(-c2nc3[nH]ccc(=O)c3cc2-c2ccc3ncccc3c2)n1. The highest BCUT2D eigenvalue weighted by Gasteiger charge is 2.25. The Morgan fingerprint density at radius 1 is 0.363 bits per heavy atom. The zero-order valence-electron chi connectivity index (χ0n) is 72.1. The Kier molecular flexibility index (Phi) is 21.7. The Bertz CT molecular complexity index is 9120. The molecule has 20 heterocycles. The minimum absolute atomic E-state index is 0.0665. The van der Waals surface area contributed by atoms with Crippen LogP contribution in [-0.4, -0.2) is 105 Å². The standard InChI is InChI=1S/C22H15N3O2.C21H14ClN5O.C21H15N5O.C19H13ClN6O.C19H13N5O2/c1-13-4-7-20(27-13)21-16(12-17-19(26)8-10-24-22(17)25-21)14-5-6-18-15(11-14)3-2-9-23-18;1-27-8-5-17(26-27)20-14(11-15-18(28)4-7-24-21(15)25-20)13-9-12-3-2-6-23-19(12)16(22)10-13;1-13-7-10-26(25-13)21-16(12-17-19(27)6-9-23-20(17)24-21)14-4-5-18-15(11-14)3-2-8-22-18;1-26-5-3-14(25-26)17-11(8-12-16(27)2-4-21-19(12)24-17)10-6-13(20)18-15(7-10)22-9-23-18;1-24-7-5-15(23-24)18-12(9-13-16(25)4-6-20-19(13)22-18)11-2-3-14-17(8-11)26-10-21-14/h2-12H,1H3,(H,24,25,26);2-11H,1H3,(H,24,25,28);2-12H,1H3,(H,23,24,27);2-9H,1H3,(H2,21,22,23,24,25,27);2-10H,1H3,(H,20,22,25)/p+3. The summed E-state index contributed by atoms with van der Waals surface area (Å²) in [6.45, 7) is 3.83. The van der Waals surface area contributed by atoms with Gasteiger partial charge in [0.25, 0.3) is 0 Å². The predicted octanol–water partition coefficient (Wildman–Crippen LogP) is 17.4. The highest BCUT2D eigenvalue weighted by molar-refractivity contribution is 6.36. The zero-order valence-corrected chi connectivity index (χ0v) is 73.6. The van der Waals surface area contributed by atoms with Gasteiger partial charge in [-0.1, -0.05) is 59.6 Å². The molecule has 0 saturated carbocycles. The first-order valence-electron chi connectivity index (χ1n) is 42.4. The van der Waals surface area contributed by atoms with Crippen molar-refractivity contribution in [1.82, 2.24) is 105 Å². The Morgan fingerprint density at radius 2 is 0.785 bits per heavy atom. The van der Waals surface area contributed by atoms with E-state index in [2.05, 4.69) is 87.4 Å². The summed E-state index contributed by atoms with van der Waals surface area (Å²) in [5.41, 5.74) is 22.9. The lowest BCUT2D eigenvalue weighted by atomic mass is 9.99. The molecule has 0 spiro atoms. The molecule has 31 nitrogen and oxygen atoms in total. The molecule has 0 aliphatic heterocycles. The van der Waals surface area contributed by atoms with E-state index in [1.807, 2.05) is 244 Å². The van der Waals surface area contributed by atoms with Crippen LogP contribution in [0.1, 0.15) is 11.5 Å². The third-order valence-corrected chi connectivity index (χ3v) is 23.5. The average molecular weight is 1820 g/mol. The molecule has 0 aliphatic rings. The van der Waals surface area contributed by atoms with Crippen LogP contribution < -0.4 is 41.2 Å². The fourth-order valence-corrected chi connectivity index (χ4v) is 16.9. The number of aromatic amines is 9. The van der Waals surface area contributed by atoms with Crippen LogP contribution in [0.4, 0.5) is 0 Å².